The van der Waals surface area contributed by atoms with E-state index in [-0.39, 0.29) is 6.04 Å². The zero-order chi connectivity index (χ0) is 22.6. The molecule has 0 fully saturated rings. The Labute approximate surface area is 184 Å². The van der Waals surface area contributed by atoms with Gasteiger partial charge in [0.1, 0.15) is 5.75 Å². The highest BCUT2D eigenvalue weighted by atomic mass is 16.5. The van der Waals surface area contributed by atoms with Gasteiger partial charge in [-0.2, -0.15) is 0 Å². The number of methoxy groups -OCH3 is 1. The molecule has 31 heavy (non-hydrogen) atoms. The first-order valence-electron chi connectivity index (χ1n) is 10.8. The molecule has 1 unspecified atom stereocenters. The molecule has 6 nitrogen and oxygen atoms in total. The second-order valence-corrected chi connectivity index (χ2v) is 9.21. The predicted octanol–water partition coefficient (Wildman–Crippen LogP) is 4.02. The number of nitrogens with zero attached hydrogens (tertiary/aromatic N) is 1. The Balaban J connectivity index is 1.77. The largest absolute Gasteiger partial charge is 0.497 e. The molecule has 3 rings (SSSR count). The van der Waals surface area contributed by atoms with E-state index in [1.165, 1.54) is 16.0 Å². The van der Waals surface area contributed by atoms with E-state index in [1.807, 2.05) is 63.2 Å². The van der Waals surface area contributed by atoms with Gasteiger partial charge in [0, 0.05) is 18.1 Å². The molecule has 1 aliphatic rings. The average molecular weight is 427 g/mol. The van der Waals surface area contributed by atoms with Crippen molar-refractivity contribution >= 4 is 6.09 Å². The van der Waals surface area contributed by atoms with Gasteiger partial charge in [-0.15, -0.1) is 0 Å². The van der Waals surface area contributed by atoms with Crippen molar-refractivity contribution in [1.29, 1.82) is 0 Å². The molecule has 0 saturated heterocycles. The lowest BCUT2D eigenvalue weighted by Crippen LogP contribution is -2.58. The minimum Gasteiger partial charge on any atom is -0.497 e. The van der Waals surface area contributed by atoms with Crippen molar-refractivity contribution < 1.29 is 19.7 Å². The number of rotatable bonds is 8. The van der Waals surface area contributed by atoms with Crippen LogP contribution >= 0.6 is 0 Å². The van der Waals surface area contributed by atoms with Crippen LogP contribution in [0.15, 0.2) is 48.5 Å². The van der Waals surface area contributed by atoms with Gasteiger partial charge in [0.25, 0.3) is 0 Å². The number of fused-ring (bicyclic) bond motifs is 1. The monoisotopic (exact) mass is 426 g/mol. The number of hydrogen-bond donors (Lipinski definition) is 3. The third kappa shape index (κ3) is 5.57. The molecule has 168 valence electrons. The van der Waals surface area contributed by atoms with Gasteiger partial charge in [0.2, 0.25) is 0 Å². The lowest BCUT2D eigenvalue weighted by atomic mass is 9.94. The lowest BCUT2D eigenvalue weighted by Gasteiger charge is -2.42. The Morgan fingerprint density at radius 2 is 1.94 bits per heavy atom. The standard InChI is InChI=1S/C25H34N2O4/c1-25(2,3)27(24(29)30)22(14-17-8-6-5-7-9-17)23(28)16-26-21-13-11-18-10-12-19(31-4)15-20(18)21/h5-10,12,15,21-23,26,28H,11,13-14,16H2,1-4H3,(H,29,30)/t21?,22-,23+/m0/s1. The van der Waals surface area contributed by atoms with Gasteiger partial charge in [-0.05, 0) is 68.9 Å². The van der Waals surface area contributed by atoms with E-state index in [9.17, 15) is 15.0 Å². The smallest absolute Gasteiger partial charge is 0.408 e. The minimum absolute atomic E-state index is 0.116. The third-order valence-corrected chi connectivity index (χ3v) is 6.00. The van der Waals surface area contributed by atoms with Crippen LogP contribution in [0.1, 0.15) is 49.9 Å². The first kappa shape index (κ1) is 23.1. The van der Waals surface area contributed by atoms with Crippen LogP contribution in [-0.2, 0) is 12.8 Å². The van der Waals surface area contributed by atoms with Crippen LogP contribution in [0.3, 0.4) is 0 Å². The molecule has 2 aromatic carbocycles. The number of benzene rings is 2. The van der Waals surface area contributed by atoms with Crippen molar-refractivity contribution in [3.63, 3.8) is 0 Å². The zero-order valence-electron chi connectivity index (χ0n) is 18.8. The van der Waals surface area contributed by atoms with E-state index < -0.39 is 23.8 Å². The number of carbonyl (C=O) groups is 1. The van der Waals surface area contributed by atoms with E-state index in [1.54, 1.807) is 7.11 Å². The Morgan fingerprint density at radius 3 is 2.55 bits per heavy atom. The van der Waals surface area contributed by atoms with Gasteiger partial charge >= 0.3 is 6.09 Å². The molecule has 0 bridgehead atoms. The summed E-state index contributed by atoms with van der Waals surface area (Å²) < 4.78 is 5.36. The molecule has 1 aliphatic carbocycles. The summed E-state index contributed by atoms with van der Waals surface area (Å²) in [6, 6.07) is 15.4. The number of ether oxygens (including phenoxy) is 1. The Kier molecular flexibility index (Phi) is 7.23. The molecule has 3 atom stereocenters. The van der Waals surface area contributed by atoms with Crippen LogP contribution in [0.2, 0.25) is 0 Å². The van der Waals surface area contributed by atoms with E-state index in [0.717, 1.165) is 24.2 Å². The first-order valence-corrected chi connectivity index (χ1v) is 10.8. The average Bonchev–Trinajstić information content (AvgIpc) is 3.13. The molecule has 0 aromatic heterocycles. The van der Waals surface area contributed by atoms with Gasteiger partial charge in [0.05, 0.1) is 19.3 Å². The van der Waals surface area contributed by atoms with Gasteiger partial charge in [-0.3, -0.25) is 4.90 Å². The second kappa shape index (κ2) is 9.71. The molecule has 3 N–H and O–H groups in total. The molecule has 1 amide bonds. The molecular formula is C25H34N2O4. The number of aliphatic hydroxyl groups is 1. The fraction of sp³-hybridized carbons (Fsp3) is 0.480. The van der Waals surface area contributed by atoms with Crippen LogP contribution in [0.5, 0.6) is 5.75 Å². The Bertz CT molecular complexity index is 879. The van der Waals surface area contributed by atoms with E-state index in [4.69, 9.17) is 4.74 Å². The summed E-state index contributed by atoms with van der Waals surface area (Å²) in [5.74, 6) is 0.819. The van der Waals surface area contributed by atoms with Gasteiger partial charge in [-0.1, -0.05) is 36.4 Å². The highest BCUT2D eigenvalue weighted by Gasteiger charge is 2.37. The van der Waals surface area contributed by atoms with Gasteiger partial charge < -0.3 is 20.3 Å². The molecule has 0 heterocycles. The fourth-order valence-corrected chi connectivity index (χ4v) is 4.50. The van der Waals surface area contributed by atoms with Gasteiger partial charge in [0.15, 0.2) is 0 Å². The highest BCUT2D eigenvalue weighted by molar-refractivity contribution is 5.66. The number of hydrogen-bond acceptors (Lipinski definition) is 4. The highest BCUT2D eigenvalue weighted by Crippen LogP contribution is 2.34. The van der Waals surface area contributed by atoms with Crippen LogP contribution in [-0.4, -0.2) is 52.5 Å². The van der Waals surface area contributed by atoms with Crippen molar-refractivity contribution in [2.45, 2.75) is 63.8 Å². The number of nitrogens with one attached hydrogen (secondary N) is 1. The van der Waals surface area contributed by atoms with Crippen molar-refractivity contribution in [3.05, 3.63) is 65.2 Å². The summed E-state index contributed by atoms with van der Waals surface area (Å²) in [4.78, 5) is 13.5. The van der Waals surface area contributed by atoms with Crippen LogP contribution in [0.25, 0.3) is 0 Å². The molecule has 0 aliphatic heterocycles. The van der Waals surface area contributed by atoms with Crippen LogP contribution in [0.4, 0.5) is 4.79 Å². The van der Waals surface area contributed by atoms with E-state index >= 15 is 0 Å². The lowest BCUT2D eigenvalue weighted by molar-refractivity contribution is 0.00687. The molecule has 0 saturated carbocycles. The summed E-state index contributed by atoms with van der Waals surface area (Å²) in [6.45, 7) is 5.88. The van der Waals surface area contributed by atoms with Crippen molar-refractivity contribution in [1.82, 2.24) is 10.2 Å². The zero-order valence-corrected chi connectivity index (χ0v) is 18.8. The summed E-state index contributed by atoms with van der Waals surface area (Å²) in [7, 11) is 1.66. The molecule has 6 heteroatoms. The SMILES string of the molecule is COc1ccc2c(c1)C(NC[C@@H](O)[C@H](Cc1ccccc1)N(C(=O)O)C(C)(C)C)CC2. The number of aryl methyl sites for hydroxylation is 1. The normalized spacial score (nSPS) is 17.6. The summed E-state index contributed by atoms with van der Waals surface area (Å²) >= 11 is 0. The maximum absolute atomic E-state index is 12.2. The van der Waals surface area contributed by atoms with Gasteiger partial charge in [-0.25, -0.2) is 4.79 Å². The number of amides is 1. The first-order chi connectivity index (χ1) is 14.7. The number of aliphatic hydroxyl groups excluding tert-OH is 1. The van der Waals surface area contributed by atoms with Crippen LogP contribution < -0.4 is 10.1 Å². The molecule has 0 spiro atoms. The fourth-order valence-electron chi connectivity index (χ4n) is 4.50. The topological polar surface area (TPSA) is 82.0 Å². The quantitative estimate of drug-likeness (QED) is 0.594. The summed E-state index contributed by atoms with van der Waals surface area (Å²) in [5.41, 5.74) is 2.84. The summed E-state index contributed by atoms with van der Waals surface area (Å²) in [5, 5.41) is 24.6. The van der Waals surface area contributed by atoms with Crippen molar-refractivity contribution in [2.24, 2.45) is 0 Å². The molecule has 2 aromatic rings. The van der Waals surface area contributed by atoms with Crippen molar-refractivity contribution in [3.8, 4) is 5.75 Å². The molecular weight excluding hydrogens is 392 g/mol. The van der Waals surface area contributed by atoms with Crippen molar-refractivity contribution in [2.75, 3.05) is 13.7 Å². The van der Waals surface area contributed by atoms with E-state index in [0.29, 0.717) is 13.0 Å². The Hall–Kier alpha value is -2.57. The molecule has 0 radical (unpaired) electrons. The summed E-state index contributed by atoms with van der Waals surface area (Å²) in [6.07, 6.45) is 0.487. The maximum atomic E-state index is 12.2. The number of carboxylic acid groups (broad SMARTS) is 1. The second-order valence-electron chi connectivity index (χ2n) is 9.21. The van der Waals surface area contributed by atoms with E-state index in [2.05, 4.69) is 11.4 Å². The predicted molar refractivity (Wildman–Crippen MR) is 122 cm³/mol. The maximum Gasteiger partial charge on any atom is 0.408 e. The van der Waals surface area contributed by atoms with Crippen LogP contribution in [0, 0.1) is 0 Å². The Morgan fingerprint density at radius 1 is 1.23 bits per heavy atom. The third-order valence-electron chi connectivity index (χ3n) is 6.00. The minimum atomic E-state index is -1.02.